The molecule has 2 aromatic heterocycles. The average molecular weight is 438 g/mol. The smallest absolute Gasteiger partial charge is 0.276 e. The first-order valence-electron chi connectivity index (χ1n) is 9.00. The van der Waals surface area contributed by atoms with Gasteiger partial charge in [-0.15, -0.1) is 23.5 Å². The van der Waals surface area contributed by atoms with Crippen molar-refractivity contribution in [1.29, 1.82) is 0 Å². The van der Waals surface area contributed by atoms with Crippen LogP contribution in [0.1, 0.15) is 11.8 Å². The molecule has 1 amide bonds. The lowest BCUT2D eigenvalue weighted by Gasteiger charge is -2.07. The first-order chi connectivity index (χ1) is 14.7. The van der Waals surface area contributed by atoms with E-state index >= 15 is 0 Å². The number of para-hydroxylation sites is 4. The summed E-state index contributed by atoms with van der Waals surface area (Å²) < 4.78 is 12.3. The van der Waals surface area contributed by atoms with Crippen molar-refractivity contribution in [3.8, 4) is 0 Å². The Morgan fingerprint density at radius 2 is 1.43 bits per heavy atom. The van der Waals surface area contributed by atoms with Crippen LogP contribution >= 0.6 is 23.5 Å². The number of thioether (sulfide) groups is 2. The van der Waals surface area contributed by atoms with Crippen molar-refractivity contribution in [2.45, 2.75) is 11.5 Å². The normalized spacial score (nSPS) is 13.8. The van der Waals surface area contributed by atoms with Gasteiger partial charge in [-0.1, -0.05) is 24.3 Å². The van der Waals surface area contributed by atoms with Crippen molar-refractivity contribution in [1.82, 2.24) is 15.4 Å². The quantitative estimate of drug-likeness (QED) is 0.438. The number of amidine groups is 1. The standard InChI is InChI=1S/C20H15N5O3S2/c21-18-17(19(26)25-24-18)20(29-9-15-22-11-5-1-3-7-13(11)27-15)30-10-16-23-12-6-2-4-8-14(12)28-16/h1-8H,9-10H2,(H2,21,24)(H,25,26). The number of benzene rings is 2. The number of oxazole rings is 2. The van der Waals surface area contributed by atoms with Gasteiger partial charge in [0.2, 0.25) is 11.8 Å². The SMILES string of the molecule is NC1=NNC(=O)C1=C(SCc1nc2ccccc2o1)SCc1nc2ccccc2o1. The number of hydrazone groups is 1. The molecule has 150 valence electrons. The third-order valence-electron chi connectivity index (χ3n) is 4.30. The van der Waals surface area contributed by atoms with Gasteiger partial charge in [-0.05, 0) is 24.3 Å². The van der Waals surface area contributed by atoms with Crippen LogP contribution in [0.5, 0.6) is 0 Å². The number of carbonyl (C=O) groups is 1. The first kappa shape index (κ1) is 18.8. The number of amides is 1. The number of nitrogens with one attached hydrogen (secondary N) is 1. The molecule has 0 radical (unpaired) electrons. The summed E-state index contributed by atoms with van der Waals surface area (Å²) in [6.07, 6.45) is 0. The molecule has 3 heterocycles. The number of nitrogens with zero attached hydrogens (tertiary/aromatic N) is 3. The zero-order chi connectivity index (χ0) is 20.5. The highest BCUT2D eigenvalue weighted by molar-refractivity contribution is 8.21. The maximum atomic E-state index is 12.3. The fourth-order valence-corrected chi connectivity index (χ4v) is 5.07. The molecule has 10 heteroatoms. The minimum atomic E-state index is -0.336. The topological polar surface area (TPSA) is 120 Å². The molecule has 30 heavy (non-hydrogen) atoms. The molecule has 8 nitrogen and oxygen atoms in total. The van der Waals surface area contributed by atoms with Gasteiger partial charge in [0.05, 0.1) is 15.7 Å². The fraction of sp³-hybridized carbons (Fsp3) is 0.100. The first-order valence-corrected chi connectivity index (χ1v) is 11.0. The molecule has 0 bridgehead atoms. The van der Waals surface area contributed by atoms with Crippen molar-refractivity contribution in [3.05, 3.63) is 70.1 Å². The zero-order valence-electron chi connectivity index (χ0n) is 15.5. The molecule has 2 aromatic carbocycles. The van der Waals surface area contributed by atoms with Crippen molar-refractivity contribution in [2.24, 2.45) is 10.8 Å². The van der Waals surface area contributed by atoms with E-state index in [0.29, 0.717) is 33.1 Å². The van der Waals surface area contributed by atoms with Crippen molar-refractivity contribution < 1.29 is 13.6 Å². The van der Waals surface area contributed by atoms with Crippen molar-refractivity contribution in [2.75, 3.05) is 0 Å². The molecule has 0 saturated heterocycles. The van der Waals surface area contributed by atoms with E-state index in [9.17, 15) is 4.79 Å². The predicted octanol–water partition coefficient (Wildman–Crippen LogP) is 3.75. The second-order valence-electron chi connectivity index (χ2n) is 6.33. The Labute approximate surface area is 179 Å². The molecular formula is C20H15N5O3S2. The molecule has 1 aliphatic rings. The van der Waals surface area contributed by atoms with E-state index in [0.717, 1.165) is 22.2 Å². The molecule has 5 rings (SSSR count). The number of hydrogen-bond donors (Lipinski definition) is 2. The molecule has 0 atom stereocenters. The van der Waals surface area contributed by atoms with Gasteiger partial charge in [-0.3, -0.25) is 4.79 Å². The number of carbonyl (C=O) groups excluding carboxylic acids is 1. The van der Waals surface area contributed by atoms with Gasteiger partial charge in [0.15, 0.2) is 17.0 Å². The van der Waals surface area contributed by atoms with E-state index in [1.807, 2.05) is 48.5 Å². The minimum Gasteiger partial charge on any atom is -0.440 e. The summed E-state index contributed by atoms with van der Waals surface area (Å²) in [6, 6.07) is 15.1. The Kier molecular flexibility index (Phi) is 4.93. The van der Waals surface area contributed by atoms with Crippen LogP contribution in [0.3, 0.4) is 0 Å². The second-order valence-corrected chi connectivity index (χ2v) is 8.56. The molecule has 0 saturated carbocycles. The Morgan fingerprint density at radius 3 is 1.90 bits per heavy atom. The van der Waals surface area contributed by atoms with Crippen LogP contribution in [-0.4, -0.2) is 21.7 Å². The lowest BCUT2D eigenvalue weighted by molar-refractivity contribution is -0.116. The molecule has 4 aromatic rings. The van der Waals surface area contributed by atoms with E-state index in [2.05, 4.69) is 20.5 Å². The number of nitrogens with two attached hydrogens (primary N) is 1. The number of aromatic nitrogens is 2. The van der Waals surface area contributed by atoms with E-state index in [4.69, 9.17) is 14.6 Å². The van der Waals surface area contributed by atoms with Crippen molar-refractivity contribution in [3.63, 3.8) is 0 Å². The van der Waals surface area contributed by atoms with Gasteiger partial charge < -0.3 is 14.6 Å². The van der Waals surface area contributed by atoms with Crippen molar-refractivity contribution >= 4 is 57.5 Å². The Hall–Kier alpha value is -3.24. The average Bonchev–Trinajstić information content (AvgIpc) is 3.45. The molecular weight excluding hydrogens is 422 g/mol. The van der Waals surface area contributed by atoms with E-state index < -0.39 is 0 Å². The molecule has 0 spiro atoms. The van der Waals surface area contributed by atoms with Crippen LogP contribution in [0.15, 0.2) is 72.3 Å². The Bertz CT molecular complexity index is 1180. The van der Waals surface area contributed by atoms with Gasteiger partial charge in [0, 0.05) is 0 Å². The van der Waals surface area contributed by atoms with E-state index in [1.54, 1.807) is 0 Å². The Morgan fingerprint density at radius 1 is 0.900 bits per heavy atom. The van der Waals surface area contributed by atoms with Gasteiger partial charge >= 0.3 is 0 Å². The summed E-state index contributed by atoms with van der Waals surface area (Å²) in [5, 5.41) is 3.83. The van der Waals surface area contributed by atoms with Gasteiger partial charge in [0.1, 0.15) is 16.6 Å². The predicted molar refractivity (Wildman–Crippen MR) is 117 cm³/mol. The Balaban J connectivity index is 1.38. The van der Waals surface area contributed by atoms with Gasteiger partial charge in [-0.25, -0.2) is 15.4 Å². The summed E-state index contributed by atoms with van der Waals surface area (Å²) in [6.45, 7) is 0. The fourth-order valence-electron chi connectivity index (χ4n) is 2.94. The maximum absolute atomic E-state index is 12.3. The minimum absolute atomic E-state index is 0.158. The van der Waals surface area contributed by atoms with Crippen LogP contribution < -0.4 is 11.2 Å². The van der Waals surface area contributed by atoms with Crippen LogP contribution in [0.4, 0.5) is 0 Å². The molecule has 3 N–H and O–H groups in total. The summed E-state index contributed by atoms with van der Waals surface area (Å²) >= 11 is 2.83. The highest BCUT2D eigenvalue weighted by Gasteiger charge is 2.26. The highest BCUT2D eigenvalue weighted by Crippen LogP contribution is 2.37. The summed E-state index contributed by atoms with van der Waals surface area (Å²) in [5.74, 6) is 1.83. The maximum Gasteiger partial charge on any atom is 0.276 e. The number of rotatable bonds is 6. The molecule has 0 aliphatic carbocycles. The lowest BCUT2D eigenvalue weighted by Crippen LogP contribution is -2.18. The van der Waals surface area contributed by atoms with Crippen LogP contribution in [-0.2, 0) is 16.3 Å². The summed E-state index contributed by atoms with van der Waals surface area (Å²) in [7, 11) is 0. The number of hydrogen-bond acceptors (Lipinski definition) is 9. The van der Waals surface area contributed by atoms with Crippen LogP contribution in [0, 0.1) is 0 Å². The van der Waals surface area contributed by atoms with Gasteiger partial charge in [-0.2, -0.15) is 5.10 Å². The number of fused-ring (bicyclic) bond motifs is 2. The largest absolute Gasteiger partial charge is 0.440 e. The van der Waals surface area contributed by atoms with Gasteiger partial charge in [0.25, 0.3) is 5.91 Å². The summed E-state index contributed by atoms with van der Waals surface area (Å²) in [4.78, 5) is 21.2. The zero-order valence-corrected chi connectivity index (χ0v) is 17.1. The molecule has 1 aliphatic heterocycles. The van der Waals surface area contributed by atoms with Crippen LogP contribution in [0.25, 0.3) is 22.2 Å². The third kappa shape index (κ3) is 3.66. The molecule has 0 fully saturated rings. The van der Waals surface area contributed by atoms with Crippen LogP contribution in [0.2, 0.25) is 0 Å². The van der Waals surface area contributed by atoms with E-state index in [1.165, 1.54) is 23.5 Å². The third-order valence-corrected chi connectivity index (χ3v) is 6.72. The summed E-state index contributed by atoms with van der Waals surface area (Å²) in [5.41, 5.74) is 11.7. The van der Waals surface area contributed by atoms with E-state index in [-0.39, 0.29) is 11.7 Å². The lowest BCUT2D eigenvalue weighted by atomic mass is 10.3. The molecule has 0 unspecified atom stereocenters. The highest BCUT2D eigenvalue weighted by atomic mass is 32.2. The second kappa shape index (κ2) is 7.88. The monoisotopic (exact) mass is 437 g/mol.